The van der Waals surface area contributed by atoms with E-state index in [9.17, 15) is 0 Å². The normalized spacial score (nSPS) is 17.1. The first kappa shape index (κ1) is 22.2. The van der Waals surface area contributed by atoms with E-state index in [4.69, 9.17) is 26.2 Å². The number of ether oxygens (including phenoxy) is 2. The lowest BCUT2D eigenvalue weighted by Crippen LogP contribution is -2.21. The van der Waals surface area contributed by atoms with Crippen molar-refractivity contribution in [3.63, 3.8) is 0 Å². The second-order valence-corrected chi connectivity index (χ2v) is 8.82. The molecule has 1 saturated carbocycles. The lowest BCUT2D eigenvalue weighted by Gasteiger charge is -2.22. The average molecular weight is 443 g/mol. The van der Waals surface area contributed by atoms with Gasteiger partial charge in [-0.1, -0.05) is 11.6 Å². The van der Waals surface area contributed by atoms with Crippen molar-refractivity contribution in [3.05, 3.63) is 29.1 Å². The van der Waals surface area contributed by atoms with Crippen LogP contribution in [0.2, 0.25) is 5.02 Å². The van der Waals surface area contributed by atoms with Crippen molar-refractivity contribution in [3.8, 4) is 0 Å². The number of halogens is 1. The van der Waals surface area contributed by atoms with Gasteiger partial charge >= 0.3 is 0 Å². The molecule has 2 aromatic heterocycles. The van der Waals surface area contributed by atoms with Crippen LogP contribution in [0.3, 0.4) is 0 Å². The topological polar surface area (TPSA) is 107 Å². The summed E-state index contributed by atoms with van der Waals surface area (Å²) in [6, 6.07) is 0. The van der Waals surface area contributed by atoms with E-state index in [-0.39, 0.29) is 23.5 Å². The van der Waals surface area contributed by atoms with E-state index in [1.807, 2.05) is 6.92 Å². The van der Waals surface area contributed by atoms with Crippen molar-refractivity contribution < 1.29 is 14.6 Å². The van der Waals surface area contributed by atoms with Gasteiger partial charge in [0.25, 0.3) is 0 Å². The van der Waals surface area contributed by atoms with E-state index in [0.717, 1.165) is 18.7 Å². The first-order chi connectivity index (χ1) is 14.0. The Hall–Kier alpha value is -1.46. The summed E-state index contributed by atoms with van der Waals surface area (Å²) in [5.74, 6) is 2.17. The predicted molar refractivity (Wildman–Crippen MR) is 112 cm³/mol. The zero-order valence-corrected chi connectivity index (χ0v) is 18.4. The molecule has 9 nitrogen and oxygen atoms in total. The summed E-state index contributed by atoms with van der Waals surface area (Å²) in [4.78, 5) is 8.54. The first-order valence-corrected chi connectivity index (χ1v) is 10.8. The molecule has 1 fully saturated rings. The second kappa shape index (κ2) is 10.0. The molecule has 2 atom stereocenters. The molecular formula is C18H27ClN6O3S. The highest BCUT2D eigenvalue weighted by Gasteiger charge is 2.43. The summed E-state index contributed by atoms with van der Waals surface area (Å²) in [6.45, 7) is 5.08. The third-order valence-electron chi connectivity index (χ3n) is 4.86. The van der Waals surface area contributed by atoms with Gasteiger partial charge < -0.3 is 14.6 Å². The van der Waals surface area contributed by atoms with Crippen molar-refractivity contribution >= 4 is 29.5 Å². The Kier molecular flexibility index (Phi) is 7.69. The smallest absolute Gasteiger partial charge is 0.235 e. The minimum absolute atomic E-state index is 0.00896. The van der Waals surface area contributed by atoms with Crippen LogP contribution in [-0.2, 0) is 21.4 Å². The van der Waals surface area contributed by atoms with Crippen molar-refractivity contribution in [2.45, 2.75) is 50.0 Å². The Bertz CT molecular complexity index is 786. The average Bonchev–Trinajstić information content (AvgIpc) is 3.32. The summed E-state index contributed by atoms with van der Waals surface area (Å²) >= 11 is 7.37. The number of nitrogens with one attached hydrogen (secondary N) is 1. The molecule has 0 spiro atoms. The molecular weight excluding hydrogens is 416 g/mol. The van der Waals surface area contributed by atoms with E-state index in [1.54, 1.807) is 19.5 Å². The molecule has 0 aliphatic heterocycles. The Balaban J connectivity index is 1.66. The van der Waals surface area contributed by atoms with Crippen LogP contribution >= 0.6 is 23.5 Å². The predicted octanol–water partition coefficient (Wildman–Crippen LogP) is 2.62. The second-order valence-electron chi connectivity index (χ2n) is 7.20. The molecule has 1 aliphatic rings. The number of nitrogens with zero attached hydrogens (tertiary/aromatic N) is 5. The van der Waals surface area contributed by atoms with Gasteiger partial charge in [-0.3, -0.25) is 9.29 Å². The quantitative estimate of drug-likeness (QED) is 0.378. The van der Waals surface area contributed by atoms with Crippen LogP contribution in [-0.4, -0.2) is 62.0 Å². The summed E-state index contributed by atoms with van der Waals surface area (Å²) in [5, 5.41) is 18.1. The van der Waals surface area contributed by atoms with Gasteiger partial charge in [0.2, 0.25) is 5.95 Å². The van der Waals surface area contributed by atoms with E-state index in [1.165, 1.54) is 11.9 Å². The zero-order chi connectivity index (χ0) is 20.9. The van der Waals surface area contributed by atoms with Gasteiger partial charge in [0.1, 0.15) is 11.9 Å². The molecule has 2 aromatic rings. The van der Waals surface area contributed by atoms with E-state index < -0.39 is 0 Å². The number of hydrogen-bond donors (Lipinski definition) is 2. The molecule has 2 heterocycles. The van der Waals surface area contributed by atoms with Crippen LogP contribution in [0.1, 0.15) is 44.4 Å². The molecule has 3 rings (SSSR count). The van der Waals surface area contributed by atoms with Gasteiger partial charge in [-0.15, -0.1) is 10.2 Å². The standard InChI is InChI=1S/C18H27ClN6O3S/c1-12(15(27-3)16-20-10-13(19)11-21-16)29-24-17-23-22-14(4-8-28-9-7-26)25(17)18(2)5-6-18/h10-12,15,26H,4-9H2,1-3H3,(H,23,24). The number of hydrogen-bond acceptors (Lipinski definition) is 9. The lowest BCUT2D eigenvalue weighted by molar-refractivity contribution is 0.0930. The highest BCUT2D eigenvalue weighted by atomic mass is 35.5. The number of anilines is 1. The van der Waals surface area contributed by atoms with Gasteiger partial charge in [0.15, 0.2) is 5.82 Å². The summed E-state index contributed by atoms with van der Waals surface area (Å²) in [5.41, 5.74) is 0.0297. The molecule has 0 bridgehead atoms. The highest BCUT2D eigenvalue weighted by molar-refractivity contribution is 8.01. The minimum Gasteiger partial charge on any atom is -0.394 e. The first-order valence-electron chi connectivity index (χ1n) is 9.54. The van der Waals surface area contributed by atoms with Crippen LogP contribution in [0.5, 0.6) is 0 Å². The molecule has 0 radical (unpaired) electrons. The number of methoxy groups -OCH3 is 1. The molecule has 0 saturated heterocycles. The third-order valence-corrected chi connectivity index (χ3v) is 5.97. The number of aromatic nitrogens is 5. The van der Waals surface area contributed by atoms with Crippen molar-refractivity contribution in [2.24, 2.45) is 0 Å². The summed E-state index contributed by atoms with van der Waals surface area (Å²) in [7, 11) is 1.64. The Morgan fingerprint density at radius 3 is 2.66 bits per heavy atom. The maximum Gasteiger partial charge on any atom is 0.235 e. The number of aliphatic hydroxyl groups excluding tert-OH is 1. The monoisotopic (exact) mass is 442 g/mol. The van der Waals surface area contributed by atoms with Crippen molar-refractivity contribution in [1.82, 2.24) is 24.7 Å². The van der Waals surface area contributed by atoms with E-state index in [0.29, 0.717) is 36.4 Å². The number of aliphatic hydroxyl groups is 1. The Morgan fingerprint density at radius 2 is 2.03 bits per heavy atom. The maximum absolute atomic E-state index is 8.85. The minimum atomic E-state index is -0.302. The van der Waals surface area contributed by atoms with E-state index >= 15 is 0 Å². The van der Waals surface area contributed by atoms with Gasteiger partial charge in [-0.05, 0) is 38.6 Å². The summed E-state index contributed by atoms with van der Waals surface area (Å²) in [6.07, 6.45) is 5.65. The van der Waals surface area contributed by atoms with Crippen LogP contribution in [0.4, 0.5) is 5.95 Å². The number of rotatable bonds is 12. The zero-order valence-electron chi connectivity index (χ0n) is 16.8. The summed E-state index contributed by atoms with van der Waals surface area (Å²) < 4.78 is 16.5. The van der Waals surface area contributed by atoms with Crippen LogP contribution in [0.25, 0.3) is 0 Å². The van der Waals surface area contributed by atoms with Crippen LogP contribution in [0.15, 0.2) is 12.4 Å². The van der Waals surface area contributed by atoms with Gasteiger partial charge in [0.05, 0.1) is 30.1 Å². The molecule has 2 N–H and O–H groups in total. The molecule has 29 heavy (non-hydrogen) atoms. The fourth-order valence-corrected chi connectivity index (χ4v) is 3.91. The Labute approximate surface area is 179 Å². The highest BCUT2D eigenvalue weighted by Crippen LogP contribution is 2.45. The van der Waals surface area contributed by atoms with E-state index in [2.05, 4.69) is 36.4 Å². The molecule has 160 valence electrons. The fraction of sp³-hybridized carbons (Fsp3) is 0.667. The molecule has 1 aliphatic carbocycles. The van der Waals surface area contributed by atoms with Gasteiger partial charge in [0, 0.05) is 31.5 Å². The molecule has 2 unspecified atom stereocenters. The third kappa shape index (κ3) is 5.58. The molecule has 0 aromatic carbocycles. The lowest BCUT2D eigenvalue weighted by atomic mass is 10.2. The maximum atomic E-state index is 8.85. The van der Waals surface area contributed by atoms with Crippen molar-refractivity contribution in [1.29, 1.82) is 0 Å². The van der Waals surface area contributed by atoms with Gasteiger partial charge in [-0.25, -0.2) is 9.97 Å². The largest absolute Gasteiger partial charge is 0.394 e. The SMILES string of the molecule is COC(c1ncc(Cl)cn1)C(C)SNc1nnc(CCOCCO)n1C1(C)CC1. The van der Waals surface area contributed by atoms with Crippen LogP contribution in [0, 0.1) is 0 Å². The van der Waals surface area contributed by atoms with Crippen LogP contribution < -0.4 is 4.72 Å². The van der Waals surface area contributed by atoms with Crippen molar-refractivity contribution in [2.75, 3.05) is 31.7 Å². The fourth-order valence-electron chi connectivity index (χ4n) is 3.03. The molecule has 0 amide bonds. The molecule has 11 heteroatoms. The Morgan fingerprint density at radius 1 is 1.31 bits per heavy atom. The van der Waals surface area contributed by atoms with Gasteiger partial charge in [-0.2, -0.15) is 0 Å².